The highest BCUT2D eigenvalue weighted by Gasteiger charge is 2.24. The largest absolute Gasteiger partial charge is 0.863 e. The molecule has 0 bridgehead atoms. The van der Waals surface area contributed by atoms with E-state index >= 15 is 0 Å². The van der Waals surface area contributed by atoms with Crippen LogP contribution < -0.4 is 15.2 Å². The number of methoxy groups -OCH3 is 1. The van der Waals surface area contributed by atoms with Crippen LogP contribution in [0.1, 0.15) is 0 Å². The molecule has 2 rings (SSSR count). The van der Waals surface area contributed by atoms with Crippen molar-refractivity contribution in [2.45, 2.75) is 0 Å². The molecule has 0 radical (unpaired) electrons. The summed E-state index contributed by atoms with van der Waals surface area (Å²) in [7, 11) is 3.39. The van der Waals surface area contributed by atoms with Crippen LogP contribution in [0, 0.1) is 30.3 Å². The van der Waals surface area contributed by atoms with Crippen LogP contribution >= 0.6 is 0 Å². The second-order valence-electron chi connectivity index (χ2n) is 4.67. The third-order valence-corrected chi connectivity index (χ3v) is 3.08. The van der Waals surface area contributed by atoms with Gasteiger partial charge in [0.25, 0.3) is 17.1 Å². The highest BCUT2D eigenvalue weighted by molar-refractivity contribution is 5.63. The Balaban J connectivity index is 0.000000289. The first-order chi connectivity index (χ1) is 12.7. The molecule has 0 unspecified atom stereocenters. The van der Waals surface area contributed by atoms with Gasteiger partial charge in [-0.2, -0.15) is 0 Å². The molecular weight excluding hydrogens is 364 g/mol. The lowest BCUT2D eigenvalue weighted by Crippen LogP contribution is -2.04. The van der Waals surface area contributed by atoms with E-state index in [2.05, 4.69) is 4.99 Å². The van der Waals surface area contributed by atoms with Gasteiger partial charge < -0.3 is 9.84 Å². The third kappa shape index (κ3) is 5.45. The van der Waals surface area contributed by atoms with Crippen LogP contribution in [0.25, 0.3) is 0 Å². The van der Waals surface area contributed by atoms with E-state index in [0.29, 0.717) is 12.1 Å². The molecule has 12 heteroatoms. The van der Waals surface area contributed by atoms with Gasteiger partial charge in [0.1, 0.15) is 5.75 Å². The number of hydrogen-bond acceptors (Lipinski definition) is 9. The Labute approximate surface area is 151 Å². The lowest BCUT2D eigenvalue weighted by atomic mass is 10.2. The molecule has 0 spiro atoms. The zero-order chi connectivity index (χ0) is 20.6. The predicted molar refractivity (Wildman–Crippen MR) is 90.3 cm³/mol. The predicted octanol–water partition coefficient (Wildman–Crippen LogP) is 1.71. The van der Waals surface area contributed by atoms with Gasteiger partial charge in [-0.1, -0.05) is 18.2 Å². The van der Waals surface area contributed by atoms with E-state index in [4.69, 9.17) is 4.74 Å². The van der Waals surface area contributed by atoms with Crippen LogP contribution in [0.2, 0.25) is 0 Å². The molecule has 0 aliphatic heterocycles. The molecule has 0 N–H and O–H groups in total. The minimum Gasteiger partial charge on any atom is -0.863 e. The molecule has 0 aliphatic rings. The Morgan fingerprint density at radius 3 is 1.81 bits per heavy atom. The van der Waals surface area contributed by atoms with Gasteiger partial charge in [0.15, 0.2) is 0 Å². The topological polar surface area (TPSA) is 174 Å². The molecule has 0 heterocycles. The van der Waals surface area contributed by atoms with Crippen LogP contribution in [-0.4, -0.2) is 28.9 Å². The van der Waals surface area contributed by atoms with Crippen molar-refractivity contribution in [1.29, 1.82) is 0 Å². The fourth-order valence-corrected chi connectivity index (χ4v) is 1.84. The van der Waals surface area contributed by atoms with Crippen molar-refractivity contribution in [2.75, 3.05) is 14.2 Å². The Kier molecular flexibility index (Phi) is 7.30. The highest BCUT2D eigenvalue weighted by Crippen LogP contribution is 2.36. The lowest BCUT2D eigenvalue weighted by molar-refractivity contribution is -0.420. The smallest absolute Gasteiger partial charge is 0.283 e. The van der Waals surface area contributed by atoms with Crippen LogP contribution in [0.5, 0.6) is 11.5 Å². The molecule has 0 aliphatic carbocycles. The van der Waals surface area contributed by atoms with Gasteiger partial charge in [0.2, 0.25) is 0 Å². The summed E-state index contributed by atoms with van der Waals surface area (Å²) in [6, 6.07) is 10.4. The maximum absolute atomic E-state index is 11.1. The number of hydrogen-bond donors (Lipinski definition) is 0. The standard InChI is InChI=1S/C9H11NO.C6H3N3O7/c1-10-8-6-4-3-5-7-9(8)11-2;10-6-4(8(13)14)1-3(7(11)12)2-5(6)9(15)16/h3-7H,1-2H3;1-2,10H/p-1. The van der Waals surface area contributed by atoms with E-state index < -0.39 is 37.6 Å². The Bertz CT molecular complexity index is 910. The molecular formula is C15H13N4O8-. The van der Waals surface area contributed by atoms with E-state index in [-0.39, 0.29) is 0 Å². The minimum atomic E-state index is -1.46. The fourth-order valence-electron chi connectivity index (χ4n) is 1.84. The molecule has 0 saturated carbocycles. The molecule has 27 heavy (non-hydrogen) atoms. The van der Waals surface area contributed by atoms with Crippen molar-refractivity contribution in [2.24, 2.45) is 4.99 Å². The summed E-state index contributed by atoms with van der Waals surface area (Å²) in [5.41, 5.74) is -3.26. The van der Waals surface area contributed by atoms with Crippen LogP contribution in [0.3, 0.4) is 0 Å². The maximum Gasteiger partial charge on any atom is 0.283 e. The number of ether oxygens (including phenoxy) is 1. The third-order valence-electron chi connectivity index (χ3n) is 3.08. The fraction of sp³-hybridized carbons (Fsp3) is 0.133. The quantitative estimate of drug-likeness (QED) is 0.571. The first kappa shape index (κ1) is 21.0. The normalized spacial score (nSPS) is 10.4. The number of non-ortho nitro benzene ring substituents is 1. The highest BCUT2D eigenvalue weighted by atomic mass is 16.6. The molecule has 0 aromatic heterocycles. The molecule has 2 aromatic rings. The van der Waals surface area contributed by atoms with Gasteiger partial charge in [0, 0.05) is 7.05 Å². The molecule has 2 aromatic carbocycles. The van der Waals surface area contributed by atoms with Crippen molar-refractivity contribution in [3.63, 3.8) is 0 Å². The molecule has 0 amide bonds. The average Bonchev–Trinajstić information content (AvgIpc) is 2.86. The summed E-state index contributed by atoms with van der Waals surface area (Å²) < 4.78 is 5.10. The Hall–Kier alpha value is -4.09. The van der Waals surface area contributed by atoms with Gasteiger partial charge in [-0.15, -0.1) is 0 Å². The van der Waals surface area contributed by atoms with Crippen molar-refractivity contribution in [1.82, 2.24) is 0 Å². The molecule has 0 fully saturated rings. The molecule has 0 saturated heterocycles. The van der Waals surface area contributed by atoms with Gasteiger partial charge in [-0.25, -0.2) is 0 Å². The number of rotatable bonds is 4. The SMILES string of the molecule is CN=c1cccccc1OC.O=[N+]([O-])c1cc([N+](=O)[O-])c([O-])c([N+](=O)[O-])c1. The van der Waals surface area contributed by atoms with Crippen molar-refractivity contribution >= 4 is 17.1 Å². The number of nitro benzene ring substituents is 3. The number of benzene rings is 1. The summed E-state index contributed by atoms with van der Waals surface area (Å²) >= 11 is 0. The zero-order valence-electron chi connectivity index (χ0n) is 14.1. The van der Waals surface area contributed by atoms with E-state index in [1.54, 1.807) is 14.2 Å². The summed E-state index contributed by atoms with van der Waals surface area (Å²) in [5, 5.41) is 43.0. The van der Waals surface area contributed by atoms with Gasteiger partial charge in [-0.3, -0.25) is 35.3 Å². The van der Waals surface area contributed by atoms with Crippen LogP contribution in [0.4, 0.5) is 17.1 Å². The zero-order valence-corrected chi connectivity index (χ0v) is 14.1. The van der Waals surface area contributed by atoms with Crippen LogP contribution in [-0.2, 0) is 0 Å². The van der Waals surface area contributed by atoms with Gasteiger partial charge >= 0.3 is 0 Å². The van der Waals surface area contributed by atoms with E-state index in [9.17, 15) is 35.4 Å². The van der Waals surface area contributed by atoms with Crippen molar-refractivity contribution < 1.29 is 24.6 Å². The van der Waals surface area contributed by atoms with Crippen molar-refractivity contribution in [3.8, 4) is 11.5 Å². The van der Waals surface area contributed by atoms with Gasteiger partial charge in [0.05, 0.1) is 45.1 Å². The van der Waals surface area contributed by atoms with E-state index in [1.165, 1.54) is 0 Å². The summed E-state index contributed by atoms with van der Waals surface area (Å²) in [6.45, 7) is 0. The first-order valence-corrected chi connectivity index (χ1v) is 7.07. The number of nitro groups is 3. The maximum atomic E-state index is 11.1. The number of nitrogens with zero attached hydrogens (tertiary/aromatic N) is 4. The van der Waals surface area contributed by atoms with Crippen molar-refractivity contribution in [3.05, 3.63) is 78.2 Å². The first-order valence-electron chi connectivity index (χ1n) is 7.07. The second kappa shape index (κ2) is 9.41. The molecule has 0 atom stereocenters. The Morgan fingerprint density at radius 2 is 1.41 bits per heavy atom. The minimum absolute atomic E-state index is 0.384. The summed E-state index contributed by atoms with van der Waals surface area (Å²) in [4.78, 5) is 31.6. The monoisotopic (exact) mass is 377 g/mol. The van der Waals surface area contributed by atoms with Gasteiger partial charge in [-0.05, 0) is 12.1 Å². The Morgan fingerprint density at radius 1 is 0.889 bits per heavy atom. The summed E-state index contributed by atoms with van der Waals surface area (Å²) in [6.07, 6.45) is 0. The molecule has 142 valence electrons. The van der Waals surface area contributed by atoms with E-state index in [0.717, 1.165) is 11.1 Å². The second-order valence-corrected chi connectivity index (χ2v) is 4.67. The molecule has 12 nitrogen and oxygen atoms in total. The van der Waals surface area contributed by atoms with E-state index in [1.807, 2.05) is 30.3 Å². The van der Waals surface area contributed by atoms with Crippen LogP contribution in [0.15, 0.2) is 47.5 Å². The average molecular weight is 377 g/mol. The lowest BCUT2D eigenvalue weighted by Gasteiger charge is -2.06. The summed E-state index contributed by atoms with van der Waals surface area (Å²) in [5.74, 6) is -0.655.